The second kappa shape index (κ2) is 11.3. The number of H-pyrrole nitrogens is 1. The summed E-state index contributed by atoms with van der Waals surface area (Å²) in [7, 11) is 0. The van der Waals surface area contributed by atoms with E-state index < -0.39 is 17.2 Å². The summed E-state index contributed by atoms with van der Waals surface area (Å²) in [6.45, 7) is 7.99. The predicted molar refractivity (Wildman–Crippen MR) is 160 cm³/mol. The minimum absolute atomic E-state index is 0.0472. The van der Waals surface area contributed by atoms with Crippen LogP contribution in [-0.2, 0) is 16.8 Å². The van der Waals surface area contributed by atoms with Crippen molar-refractivity contribution in [2.24, 2.45) is 11.8 Å². The van der Waals surface area contributed by atoms with Crippen LogP contribution in [0.4, 0.5) is 8.78 Å². The maximum Gasteiger partial charge on any atom is 0.253 e. The number of benzene rings is 1. The largest absolute Gasteiger partial charge is 0.448 e. The van der Waals surface area contributed by atoms with Crippen LogP contribution in [0.1, 0.15) is 67.8 Å². The molecule has 3 N–H and O–H groups in total. The fraction of sp³-hybridized carbons (Fsp3) is 0.645. The molecule has 0 bridgehead atoms. The van der Waals surface area contributed by atoms with E-state index in [0.29, 0.717) is 47.8 Å². The van der Waals surface area contributed by atoms with Crippen molar-refractivity contribution in [2.75, 3.05) is 26.0 Å². The molecule has 1 unspecified atom stereocenters. The normalized spacial score (nSPS) is 27.9. The van der Waals surface area contributed by atoms with E-state index in [-0.39, 0.29) is 30.4 Å². The van der Waals surface area contributed by atoms with Gasteiger partial charge in [0.05, 0.1) is 23.8 Å². The summed E-state index contributed by atoms with van der Waals surface area (Å²) in [6.07, 6.45) is 5.74. The van der Waals surface area contributed by atoms with Crippen molar-refractivity contribution in [3.63, 3.8) is 0 Å². The van der Waals surface area contributed by atoms with Crippen molar-refractivity contribution in [2.45, 2.75) is 94.0 Å². The summed E-state index contributed by atoms with van der Waals surface area (Å²) < 4.78 is 45.1. The van der Waals surface area contributed by atoms with Crippen LogP contribution in [0.5, 0.6) is 11.5 Å². The fourth-order valence-corrected chi connectivity index (χ4v) is 7.93. The SMILES string of the molecule is CSc1cc(C)[nH]c(=O)c1CNC1(c2cc(Cl)c3c(c2C)OC(C)(C2CCC(CNC4CC(F)(F)C4)CC2)O3)COC1. The van der Waals surface area contributed by atoms with Crippen molar-refractivity contribution in [3.05, 3.63) is 49.9 Å². The van der Waals surface area contributed by atoms with Crippen LogP contribution in [0.2, 0.25) is 5.02 Å². The lowest BCUT2D eigenvalue weighted by Gasteiger charge is -2.44. The number of thioether (sulfide) groups is 1. The van der Waals surface area contributed by atoms with Gasteiger partial charge in [-0.3, -0.25) is 10.1 Å². The first-order valence-corrected chi connectivity index (χ1v) is 16.4. The molecular weight excluding hydrogens is 584 g/mol. The lowest BCUT2D eigenvalue weighted by atomic mass is 9.78. The number of alkyl halides is 2. The lowest BCUT2D eigenvalue weighted by Crippen LogP contribution is -2.57. The zero-order chi connectivity index (χ0) is 29.9. The Morgan fingerprint density at radius 2 is 1.79 bits per heavy atom. The number of nitrogens with one attached hydrogen (secondary N) is 3. The second-order valence-corrected chi connectivity index (χ2v) is 14.0. The van der Waals surface area contributed by atoms with Crippen molar-refractivity contribution in [1.82, 2.24) is 15.6 Å². The third-order valence-corrected chi connectivity index (χ3v) is 10.8. The van der Waals surface area contributed by atoms with Gasteiger partial charge in [0.2, 0.25) is 0 Å². The van der Waals surface area contributed by atoms with Gasteiger partial charge in [-0.05, 0) is 75.9 Å². The molecule has 2 aliphatic carbocycles. The van der Waals surface area contributed by atoms with E-state index in [1.54, 1.807) is 11.8 Å². The molecule has 11 heteroatoms. The van der Waals surface area contributed by atoms with Crippen LogP contribution in [0.15, 0.2) is 21.8 Å². The molecule has 6 rings (SSSR count). The summed E-state index contributed by atoms with van der Waals surface area (Å²) >= 11 is 8.41. The van der Waals surface area contributed by atoms with E-state index in [1.807, 2.05) is 39.2 Å². The van der Waals surface area contributed by atoms with Crippen LogP contribution in [-0.4, -0.2) is 48.7 Å². The van der Waals surface area contributed by atoms with Gasteiger partial charge in [0.1, 0.15) is 0 Å². The smallest absolute Gasteiger partial charge is 0.253 e. The fourth-order valence-electron chi connectivity index (χ4n) is 6.99. The van der Waals surface area contributed by atoms with E-state index in [2.05, 4.69) is 15.6 Å². The zero-order valence-electron chi connectivity index (χ0n) is 24.6. The molecule has 42 heavy (non-hydrogen) atoms. The van der Waals surface area contributed by atoms with Crippen molar-refractivity contribution in [3.8, 4) is 11.5 Å². The Morgan fingerprint density at radius 3 is 2.40 bits per heavy atom. The van der Waals surface area contributed by atoms with Gasteiger partial charge < -0.3 is 24.5 Å². The molecule has 2 aromatic rings. The van der Waals surface area contributed by atoms with Gasteiger partial charge in [-0.15, -0.1) is 11.8 Å². The van der Waals surface area contributed by atoms with Crippen LogP contribution in [0.25, 0.3) is 0 Å². The minimum atomic E-state index is -2.49. The molecule has 1 aromatic heterocycles. The number of aromatic amines is 1. The van der Waals surface area contributed by atoms with E-state index in [9.17, 15) is 13.6 Å². The number of rotatable bonds is 9. The molecular formula is C31H40ClF2N3O4S. The van der Waals surface area contributed by atoms with Crippen LogP contribution < -0.4 is 25.7 Å². The van der Waals surface area contributed by atoms with E-state index in [4.69, 9.17) is 25.8 Å². The average Bonchev–Trinajstić information content (AvgIpc) is 3.28. The molecule has 0 amide bonds. The Hall–Kier alpha value is -1.85. The van der Waals surface area contributed by atoms with E-state index >= 15 is 0 Å². The monoisotopic (exact) mass is 623 g/mol. The van der Waals surface area contributed by atoms with Crippen molar-refractivity contribution >= 4 is 23.4 Å². The molecule has 3 heterocycles. The molecule has 2 aliphatic heterocycles. The standard InChI is InChI=1S/C31H40ClF2N3O4S/c1-17-9-25(42-4)22(28(38)37-17)14-36-30(15-39-16-30)23-10-24(32)27-26(18(23)2)40-29(3,41-27)20-7-5-19(6-8-20)13-35-21-11-31(33,34)12-21/h9-10,19-21,35-36H,5-8,11-16H2,1-4H3,(H,37,38). The Balaban J connectivity index is 1.14. The molecule has 0 spiro atoms. The highest BCUT2D eigenvalue weighted by atomic mass is 35.5. The third-order valence-electron chi connectivity index (χ3n) is 9.69. The molecule has 1 saturated heterocycles. The van der Waals surface area contributed by atoms with Crippen LogP contribution in [0, 0.1) is 25.7 Å². The average molecular weight is 624 g/mol. The number of pyridine rings is 1. The number of aryl methyl sites for hydroxylation is 1. The molecule has 3 fully saturated rings. The van der Waals surface area contributed by atoms with Crippen LogP contribution in [0.3, 0.4) is 0 Å². The molecule has 4 aliphatic rings. The Labute approximate surface area is 254 Å². The summed E-state index contributed by atoms with van der Waals surface area (Å²) in [5.74, 6) is -1.43. The van der Waals surface area contributed by atoms with Crippen LogP contribution >= 0.6 is 23.4 Å². The topological polar surface area (TPSA) is 84.6 Å². The quantitative estimate of drug-likeness (QED) is 0.293. The van der Waals surface area contributed by atoms with Crippen molar-refractivity contribution < 1.29 is 23.0 Å². The van der Waals surface area contributed by atoms with Gasteiger partial charge in [-0.1, -0.05) is 11.6 Å². The Morgan fingerprint density at radius 1 is 1.10 bits per heavy atom. The Bertz CT molecular complexity index is 1400. The maximum absolute atomic E-state index is 13.2. The summed E-state index contributed by atoms with van der Waals surface area (Å²) in [6, 6.07) is 3.88. The highest BCUT2D eigenvalue weighted by molar-refractivity contribution is 7.98. The molecule has 7 nitrogen and oxygen atoms in total. The Kier molecular flexibility index (Phi) is 8.09. The molecule has 1 aromatic carbocycles. The van der Waals surface area contributed by atoms with E-state index in [0.717, 1.165) is 53.9 Å². The highest BCUT2D eigenvalue weighted by Gasteiger charge is 2.50. The molecule has 0 radical (unpaired) electrons. The number of aromatic nitrogens is 1. The van der Waals surface area contributed by atoms with Gasteiger partial charge >= 0.3 is 0 Å². The van der Waals surface area contributed by atoms with Gasteiger partial charge in [-0.2, -0.15) is 0 Å². The molecule has 2 saturated carbocycles. The van der Waals surface area contributed by atoms with Gasteiger partial charge in [-0.25, -0.2) is 8.78 Å². The first-order valence-electron chi connectivity index (χ1n) is 14.8. The lowest BCUT2D eigenvalue weighted by molar-refractivity contribution is -0.123. The number of hydrogen-bond donors (Lipinski definition) is 3. The molecule has 230 valence electrons. The van der Waals surface area contributed by atoms with Gasteiger partial charge in [0.25, 0.3) is 17.3 Å². The number of ether oxygens (including phenoxy) is 3. The van der Waals surface area contributed by atoms with Gasteiger partial charge in [0, 0.05) is 60.0 Å². The number of hydrogen-bond acceptors (Lipinski definition) is 7. The van der Waals surface area contributed by atoms with Crippen molar-refractivity contribution in [1.29, 1.82) is 0 Å². The maximum atomic E-state index is 13.2. The second-order valence-electron chi connectivity index (χ2n) is 12.8. The van der Waals surface area contributed by atoms with E-state index in [1.165, 1.54) is 0 Å². The summed E-state index contributed by atoms with van der Waals surface area (Å²) in [4.78, 5) is 16.6. The summed E-state index contributed by atoms with van der Waals surface area (Å²) in [5.41, 5.74) is 2.87. The van der Waals surface area contributed by atoms with Gasteiger partial charge in [0.15, 0.2) is 11.5 Å². The number of halogens is 3. The first kappa shape index (κ1) is 30.2. The zero-order valence-corrected chi connectivity index (χ0v) is 26.2. The first-order chi connectivity index (χ1) is 19.9. The third kappa shape index (κ3) is 5.58. The predicted octanol–water partition coefficient (Wildman–Crippen LogP) is 6.06. The highest BCUT2D eigenvalue weighted by Crippen LogP contribution is 2.53. The number of fused-ring (bicyclic) bond motifs is 1. The molecule has 1 atom stereocenters. The minimum Gasteiger partial charge on any atom is -0.448 e. The summed E-state index contributed by atoms with van der Waals surface area (Å²) in [5, 5.41) is 7.45.